The SMILES string of the molecule is CCCN(c1ccc(C=CC(=O)Nc2ccccc2N)cn1)n1ccnc1. The Kier molecular flexibility index (Phi) is 5.84. The zero-order chi connectivity index (χ0) is 19.1. The van der Waals surface area contributed by atoms with Crippen LogP contribution in [0.2, 0.25) is 0 Å². The second-order valence-corrected chi connectivity index (χ2v) is 5.93. The summed E-state index contributed by atoms with van der Waals surface area (Å²) >= 11 is 0. The van der Waals surface area contributed by atoms with Crippen molar-refractivity contribution in [2.75, 3.05) is 22.6 Å². The fourth-order valence-electron chi connectivity index (χ4n) is 2.56. The molecule has 2 heterocycles. The van der Waals surface area contributed by atoms with Gasteiger partial charge in [-0.3, -0.25) is 9.80 Å². The van der Waals surface area contributed by atoms with Crippen molar-refractivity contribution in [2.24, 2.45) is 0 Å². The number of nitrogens with one attached hydrogen (secondary N) is 1. The molecule has 0 fully saturated rings. The molecule has 0 aliphatic rings. The summed E-state index contributed by atoms with van der Waals surface area (Å²) in [5, 5.41) is 4.79. The van der Waals surface area contributed by atoms with E-state index in [2.05, 4.69) is 22.2 Å². The normalized spacial score (nSPS) is 10.9. The molecule has 3 N–H and O–H groups in total. The molecule has 138 valence electrons. The number of hydrogen-bond donors (Lipinski definition) is 2. The molecule has 0 radical (unpaired) electrons. The van der Waals surface area contributed by atoms with Crippen molar-refractivity contribution < 1.29 is 4.79 Å². The van der Waals surface area contributed by atoms with E-state index < -0.39 is 0 Å². The van der Waals surface area contributed by atoms with Crippen LogP contribution in [-0.2, 0) is 4.79 Å². The summed E-state index contributed by atoms with van der Waals surface area (Å²) in [6.45, 7) is 2.93. The van der Waals surface area contributed by atoms with Gasteiger partial charge >= 0.3 is 0 Å². The van der Waals surface area contributed by atoms with Crippen LogP contribution in [0.25, 0.3) is 6.08 Å². The molecule has 3 rings (SSSR count). The molecule has 0 spiro atoms. The van der Waals surface area contributed by atoms with E-state index >= 15 is 0 Å². The molecule has 0 aliphatic carbocycles. The van der Waals surface area contributed by atoms with Gasteiger partial charge in [-0.25, -0.2) is 14.6 Å². The molecule has 0 atom stereocenters. The van der Waals surface area contributed by atoms with Crippen molar-refractivity contribution in [2.45, 2.75) is 13.3 Å². The Bertz CT molecular complexity index is 902. The number of carbonyl (C=O) groups is 1. The monoisotopic (exact) mass is 362 g/mol. The molecule has 0 saturated heterocycles. The Morgan fingerprint density at radius 2 is 2.15 bits per heavy atom. The first-order valence-electron chi connectivity index (χ1n) is 8.73. The van der Waals surface area contributed by atoms with Gasteiger partial charge < -0.3 is 11.1 Å². The van der Waals surface area contributed by atoms with Gasteiger partial charge in [0.1, 0.15) is 12.1 Å². The van der Waals surface area contributed by atoms with Crippen LogP contribution >= 0.6 is 0 Å². The van der Waals surface area contributed by atoms with Crippen LogP contribution in [0.5, 0.6) is 0 Å². The average molecular weight is 362 g/mol. The number of benzene rings is 1. The summed E-state index contributed by atoms with van der Waals surface area (Å²) in [6.07, 6.45) is 11.2. The first-order valence-corrected chi connectivity index (χ1v) is 8.73. The van der Waals surface area contributed by atoms with E-state index in [-0.39, 0.29) is 5.91 Å². The maximum atomic E-state index is 12.1. The van der Waals surface area contributed by atoms with Gasteiger partial charge in [0.05, 0.1) is 11.4 Å². The Morgan fingerprint density at radius 3 is 2.81 bits per heavy atom. The minimum atomic E-state index is -0.247. The largest absolute Gasteiger partial charge is 0.397 e. The van der Waals surface area contributed by atoms with Crippen LogP contribution in [0, 0.1) is 0 Å². The van der Waals surface area contributed by atoms with E-state index in [9.17, 15) is 4.79 Å². The number of aromatic nitrogens is 3. The van der Waals surface area contributed by atoms with E-state index in [4.69, 9.17) is 5.73 Å². The standard InChI is InChI=1S/C20H22N6O/c1-2-12-26(25-13-11-22-15-25)19-9-7-16(14-23-19)8-10-20(27)24-18-6-4-3-5-17(18)21/h3-11,13-15H,2,12,21H2,1H3,(H,24,27). The van der Waals surface area contributed by atoms with Crippen molar-refractivity contribution in [1.29, 1.82) is 0 Å². The number of nitrogen functional groups attached to an aromatic ring is 1. The second kappa shape index (κ2) is 8.66. The highest BCUT2D eigenvalue weighted by Crippen LogP contribution is 2.17. The number of imidazole rings is 1. The zero-order valence-corrected chi connectivity index (χ0v) is 15.1. The Balaban J connectivity index is 1.67. The summed E-state index contributed by atoms with van der Waals surface area (Å²) in [5.74, 6) is 0.566. The lowest BCUT2D eigenvalue weighted by Gasteiger charge is -2.23. The zero-order valence-electron chi connectivity index (χ0n) is 15.1. The first-order chi connectivity index (χ1) is 13.2. The van der Waals surface area contributed by atoms with Crippen LogP contribution in [0.4, 0.5) is 17.2 Å². The molecule has 0 aliphatic heterocycles. The van der Waals surface area contributed by atoms with Gasteiger partial charge in [-0.1, -0.05) is 19.1 Å². The maximum Gasteiger partial charge on any atom is 0.248 e. The quantitative estimate of drug-likeness (QED) is 0.498. The van der Waals surface area contributed by atoms with E-state index in [1.807, 2.05) is 40.1 Å². The van der Waals surface area contributed by atoms with Gasteiger partial charge in [-0.2, -0.15) is 0 Å². The lowest BCUT2D eigenvalue weighted by molar-refractivity contribution is -0.111. The summed E-state index contributed by atoms with van der Waals surface area (Å²) in [4.78, 5) is 20.7. The van der Waals surface area contributed by atoms with E-state index in [0.717, 1.165) is 24.3 Å². The second-order valence-electron chi connectivity index (χ2n) is 5.93. The van der Waals surface area contributed by atoms with Crippen LogP contribution in [0.1, 0.15) is 18.9 Å². The van der Waals surface area contributed by atoms with Gasteiger partial charge in [0.2, 0.25) is 5.91 Å². The Morgan fingerprint density at radius 1 is 1.30 bits per heavy atom. The first kappa shape index (κ1) is 18.2. The minimum absolute atomic E-state index is 0.247. The van der Waals surface area contributed by atoms with Crippen molar-refractivity contribution >= 4 is 29.2 Å². The number of amides is 1. The maximum absolute atomic E-state index is 12.1. The van der Waals surface area contributed by atoms with E-state index in [0.29, 0.717) is 11.4 Å². The lowest BCUT2D eigenvalue weighted by Crippen LogP contribution is -2.29. The molecule has 27 heavy (non-hydrogen) atoms. The van der Waals surface area contributed by atoms with Gasteiger partial charge in [-0.15, -0.1) is 0 Å². The summed E-state index contributed by atoms with van der Waals surface area (Å²) in [7, 11) is 0. The van der Waals surface area contributed by atoms with Crippen LogP contribution in [-0.4, -0.2) is 27.1 Å². The number of anilines is 3. The molecule has 1 amide bonds. The van der Waals surface area contributed by atoms with Crippen LogP contribution in [0.15, 0.2) is 67.4 Å². The molecular formula is C20H22N6O. The number of hydrogen-bond acceptors (Lipinski definition) is 5. The molecule has 7 nitrogen and oxygen atoms in total. The van der Waals surface area contributed by atoms with Crippen molar-refractivity contribution in [1.82, 2.24) is 14.6 Å². The molecule has 2 aromatic heterocycles. The highest BCUT2D eigenvalue weighted by Gasteiger charge is 2.08. The summed E-state index contributed by atoms with van der Waals surface area (Å²) in [6, 6.07) is 11.0. The number of nitrogens with zero attached hydrogens (tertiary/aromatic N) is 4. The van der Waals surface area contributed by atoms with Crippen molar-refractivity contribution in [3.8, 4) is 0 Å². The highest BCUT2D eigenvalue weighted by molar-refractivity contribution is 6.03. The lowest BCUT2D eigenvalue weighted by atomic mass is 10.2. The number of nitrogens with two attached hydrogens (primary N) is 1. The minimum Gasteiger partial charge on any atom is -0.397 e. The highest BCUT2D eigenvalue weighted by atomic mass is 16.1. The molecule has 3 aromatic rings. The van der Waals surface area contributed by atoms with Crippen molar-refractivity contribution in [3.63, 3.8) is 0 Å². The van der Waals surface area contributed by atoms with Gasteiger partial charge in [-0.05, 0) is 42.3 Å². The third-order valence-corrected chi connectivity index (χ3v) is 3.89. The molecule has 1 aromatic carbocycles. The fourth-order valence-corrected chi connectivity index (χ4v) is 2.56. The van der Waals surface area contributed by atoms with Crippen LogP contribution in [0.3, 0.4) is 0 Å². The van der Waals surface area contributed by atoms with Crippen molar-refractivity contribution in [3.05, 3.63) is 73.0 Å². The van der Waals surface area contributed by atoms with Gasteiger partial charge in [0.15, 0.2) is 0 Å². The predicted molar refractivity (Wildman–Crippen MR) is 108 cm³/mol. The topological polar surface area (TPSA) is 89.1 Å². The molecule has 7 heteroatoms. The molecule has 0 saturated carbocycles. The fraction of sp³-hybridized carbons (Fsp3) is 0.150. The Labute approximate surface area is 158 Å². The smallest absolute Gasteiger partial charge is 0.248 e. The van der Waals surface area contributed by atoms with Gasteiger partial charge in [0.25, 0.3) is 0 Å². The molecule has 0 bridgehead atoms. The summed E-state index contributed by atoms with van der Waals surface area (Å²) in [5.41, 5.74) is 7.78. The number of rotatable bonds is 7. The number of para-hydroxylation sites is 2. The average Bonchev–Trinajstić information content (AvgIpc) is 3.21. The number of pyridine rings is 1. The third-order valence-electron chi connectivity index (χ3n) is 3.89. The molecule has 0 unspecified atom stereocenters. The van der Waals surface area contributed by atoms with E-state index in [1.165, 1.54) is 6.08 Å². The summed E-state index contributed by atoms with van der Waals surface area (Å²) < 4.78 is 1.90. The predicted octanol–water partition coefficient (Wildman–Crippen LogP) is 3.19. The van der Waals surface area contributed by atoms with Gasteiger partial charge in [0, 0.05) is 31.2 Å². The number of carbonyl (C=O) groups excluding carboxylic acids is 1. The van der Waals surface area contributed by atoms with Crippen LogP contribution < -0.4 is 16.1 Å². The molecular weight excluding hydrogens is 340 g/mol. The van der Waals surface area contributed by atoms with E-state index in [1.54, 1.807) is 36.9 Å². The third kappa shape index (κ3) is 4.72. The Hall–Kier alpha value is -3.61.